The number of aryl methyl sites for hydroxylation is 1. The molecule has 0 spiro atoms. The average molecular weight is 224 g/mol. The third-order valence-electron chi connectivity index (χ3n) is 1.31. The summed E-state index contributed by atoms with van der Waals surface area (Å²) in [6.45, 7) is 1.73. The molecule has 0 saturated heterocycles. The molecule has 0 radical (unpaired) electrons. The summed E-state index contributed by atoms with van der Waals surface area (Å²) in [5, 5.41) is 9.04. The van der Waals surface area contributed by atoms with Gasteiger partial charge in [-0.1, -0.05) is 0 Å². The summed E-state index contributed by atoms with van der Waals surface area (Å²) in [4.78, 5) is 2.92. The van der Waals surface area contributed by atoms with E-state index in [4.69, 9.17) is 22.6 Å². The lowest BCUT2D eigenvalue weighted by Crippen LogP contribution is -2.31. The maximum atomic E-state index is 9.04. The van der Waals surface area contributed by atoms with Crippen molar-refractivity contribution in [1.82, 2.24) is 4.98 Å². The standard InChI is InChI=1S/C6H10N2O.H2O4S/c1-5(9)6-7-3-4-8(6)2;1-5(2,3)4/h3-5,9H,1-2H3;(H2,1,2,3,4). The van der Waals surface area contributed by atoms with Gasteiger partial charge in [-0.3, -0.25) is 4.55 Å². The van der Waals surface area contributed by atoms with Crippen molar-refractivity contribution < 1.29 is 27.2 Å². The molecule has 14 heavy (non-hydrogen) atoms. The number of hydrogen-bond donors (Lipinski definition) is 3. The zero-order valence-corrected chi connectivity index (χ0v) is 8.52. The van der Waals surface area contributed by atoms with Crippen LogP contribution in [0.1, 0.15) is 18.9 Å². The van der Waals surface area contributed by atoms with Gasteiger partial charge >= 0.3 is 0 Å². The van der Waals surface area contributed by atoms with E-state index in [0.29, 0.717) is 0 Å². The largest absolute Gasteiger partial charge is 0.726 e. The van der Waals surface area contributed by atoms with Crippen LogP contribution in [0.25, 0.3) is 0 Å². The fourth-order valence-corrected chi connectivity index (χ4v) is 0.832. The van der Waals surface area contributed by atoms with Crippen LogP contribution in [-0.4, -0.2) is 27.6 Å². The number of rotatable bonds is 1. The van der Waals surface area contributed by atoms with E-state index in [1.54, 1.807) is 13.1 Å². The van der Waals surface area contributed by atoms with Crippen molar-refractivity contribution in [2.75, 3.05) is 0 Å². The number of imidazole rings is 1. The van der Waals surface area contributed by atoms with E-state index in [1.165, 1.54) is 0 Å². The minimum atomic E-state index is -4.92. The van der Waals surface area contributed by atoms with Gasteiger partial charge in [0, 0.05) is 0 Å². The molecule has 0 saturated carbocycles. The SMILES string of the molecule is CC(O)c1[nH]cc[n+]1C.O=S(=O)([O-])O. The molecule has 0 aliphatic heterocycles. The summed E-state index contributed by atoms with van der Waals surface area (Å²) in [7, 11) is -3.03. The highest BCUT2D eigenvalue weighted by molar-refractivity contribution is 7.79. The Labute approximate surface area is 81.6 Å². The molecular weight excluding hydrogens is 212 g/mol. The zero-order chi connectivity index (χ0) is 11.4. The van der Waals surface area contributed by atoms with Gasteiger partial charge in [-0.15, -0.1) is 0 Å². The van der Waals surface area contributed by atoms with Crippen molar-refractivity contribution in [3.63, 3.8) is 0 Å². The highest BCUT2D eigenvalue weighted by Gasteiger charge is 2.11. The van der Waals surface area contributed by atoms with Crippen LogP contribution >= 0.6 is 0 Å². The van der Waals surface area contributed by atoms with Crippen molar-refractivity contribution in [2.24, 2.45) is 7.05 Å². The molecule has 0 bridgehead atoms. The van der Waals surface area contributed by atoms with Crippen LogP contribution in [0.4, 0.5) is 0 Å². The number of hydrogen-bond acceptors (Lipinski definition) is 4. The molecular formula is C6H12N2O5S. The second-order valence-electron chi connectivity index (χ2n) is 2.56. The molecule has 1 rings (SSSR count). The number of H-pyrrole nitrogens is 1. The Morgan fingerprint density at radius 1 is 1.64 bits per heavy atom. The molecule has 1 aromatic heterocycles. The minimum Gasteiger partial charge on any atom is -0.726 e. The molecule has 8 heteroatoms. The van der Waals surface area contributed by atoms with E-state index in [0.717, 1.165) is 5.82 Å². The number of aliphatic hydroxyl groups is 1. The molecule has 1 unspecified atom stereocenters. The van der Waals surface area contributed by atoms with Gasteiger partial charge in [0.25, 0.3) is 5.82 Å². The predicted molar refractivity (Wildman–Crippen MR) is 44.9 cm³/mol. The van der Waals surface area contributed by atoms with Crippen molar-refractivity contribution in [3.8, 4) is 0 Å². The first-order chi connectivity index (χ1) is 6.22. The second kappa shape index (κ2) is 5.05. The van der Waals surface area contributed by atoms with Gasteiger partial charge in [-0.25, -0.2) is 18.0 Å². The fraction of sp³-hybridized carbons (Fsp3) is 0.500. The molecule has 1 atom stereocenters. The molecule has 82 valence electrons. The lowest BCUT2D eigenvalue weighted by molar-refractivity contribution is -0.681. The topological polar surface area (TPSA) is 117 Å². The Kier molecular flexibility index (Phi) is 4.71. The van der Waals surface area contributed by atoms with Crippen LogP contribution in [-0.2, 0) is 17.4 Å². The maximum absolute atomic E-state index is 9.04. The van der Waals surface area contributed by atoms with E-state index in [2.05, 4.69) is 4.98 Å². The molecule has 3 N–H and O–H groups in total. The van der Waals surface area contributed by atoms with Crippen molar-refractivity contribution in [2.45, 2.75) is 13.0 Å². The van der Waals surface area contributed by atoms with Crippen LogP contribution in [0.15, 0.2) is 12.4 Å². The van der Waals surface area contributed by atoms with Crippen LogP contribution in [0.3, 0.4) is 0 Å². The fourth-order valence-electron chi connectivity index (χ4n) is 0.832. The molecule has 7 nitrogen and oxygen atoms in total. The van der Waals surface area contributed by atoms with Gasteiger partial charge in [-0.05, 0) is 6.92 Å². The Morgan fingerprint density at radius 2 is 2.07 bits per heavy atom. The van der Waals surface area contributed by atoms with Gasteiger partial charge in [0.2, 0.25) is 10.4 Å². The van der Waals surface area contributed by atoms with E-state index < -0.39 is 16.5 Å². The molecule has 1 aromatic rings. The Hall–Kier alpha value is -0.960. The predicted octanol–water partition coefficient (Wildman–Crippen LogP) is -1.10. The van der Waals surface area contributed by atoms with Gasteiger partial charge in [-0.2, -0.15) is 0 Å². The lowest BCUT2D eigenvalue weighted by atomic mass is 10.4. The van der Waals surface area contributed by atoms with Crippen LogP contribution in [0, 0.1) is 0 Å². The molecule has 0 aliphatic rings. The van der Waals surface area contributed by atoms with Crippen LogP contribution < -0.4 is 4.57 Å². The summed E-state index contributed by atoms with van der Waals surface area (Å²) in [6.07, 6.45) is 3.24. The summed E-state index contributed by atoms with van der Waals surface area (Å²) in [6, 6.07) is 0. The van der Waals surface area contributed by atoms with E-state index in [-0.39, 0.29) is 0 Å². The number of aromatic amines is 1. The average Bonchev–Trinajstić information content (AvgIpc) is 2.30. The normalized spacial score (nSPS) is 12.9. The molecule has 0 amide bonds. The zero-order valence-electron chi connectivity index (χ0n) is 7.71. The van der Waals surface area contributed by atoms with E-state index in [1.807, 2.05) is 17.8 Å². The molecule has 0 fully saturated rings. The first-order valence-corrected chi connectivity index (χ1v) is 4.97. The van der Waals surface area contributed by atoms with Gasteiger partial charge in [0.1, 0.15) is 12.4 Å². The lowest BCUT2D eigenvalue weighted by Gasteiger charge is -1.94. The monoisotopic (exact) mass is 224 g/mol. The Morgan fingerprint density at radius 3 is 2.21 bits per heavy atom. The van der Waals surface area contributed by atoms with Crippen molar-refractivity contribution >= 4 is 10.4 Å². The van der Waals surface area contributed by atoms with Crippen molar-refractivity contribution in [3.05, 3.63) is 18.2 Å². The Bertz CT molecular complexity index is 361. The first-order valence-electron chi connectivity index (χ1n) is 3.61. The Balaban J connectivity index is 0.000000292. The number of nitrogens with one attached hydrogen (secondary N) is 1. The second-order valence-corrected chi connectivity index (χ2v) is 3.42. The first kappa shape index (κ1) is 13.0. The van der Waals surface area contributed by atoms with E-state index >= 15 is 0 Å². The number of nitrogens with zero attached hydrogens (tertiary/aromatic N) is 1. The highest BCUT2D eigenvalue weighted by Crippen LogP contribution is 2.00. The quantitative estimate of drug-likeness (QED) is 0.318. The molecule has 0 aliphatic carbocycles. The third-order valence-corrected chi connectivity index (χ3v) is 1.31. The summed E-state index contributed by atoms with van der Waals surface area (Å²) in [5.41, 5.74) is 0. The number of aliphatic hydroxyl groups excluding tert-OH is 1. The maximum Gasteiger partial charge on any atom is 0.283 e. The smallest absolute Gasteiger partial charge is 0.283 e. The summed E-state index contributed by atoms with van der Waals surface area (Å²) < 4.78 is 34.7. The van der Waals surface area contributed by atoms with Crippen molar-refractivity contribution in [1.29, 1.82) is 0 Å². The summed E-state index contributed by atoms with van der Waals surface area (Å²) >= 11 is 0. The highest BCUT2D eigenvalue weighted by atomic mass is 32.3. The number of aromatic nitrogens is 2. The molecule has 1 heterocycles. The summed E-state index contributed by atoms with van der Waals surface area (Å²) in [5.74, 6) is 0.829. The van der Waals surface area contributed by atoms with Gasteiger partial charge in [0.15, 0.2) is 6.10 Å². The minimum absolute atomic E-state index is 0.412. The van der Waals surface area contributed by atoms with Gasteiger partial charge < -0.3 is 9.66 Å². The van der Waals surface area contributed by atoms with Gasteiger partial charge in [0.05, 0.1) is 7.05 Å². The molecule has 0 aromatic carbocycles. The van der Waals surface area contributed by atoms with Crippen LogP contribution in [0.5, 0.6) is 0 Å². The third kappa shape index (κ3) is 6.54. The van der Waals surface area contributed by atoms with Crippen LogP contribution in [0.2, 0.25) is 0 Å². The van der Waals surface area contributed by atoms with E-state index in [9.17, 15) is 0 Å².